The van der Waals surface area contributed by atoms with E-state index in [1.54, 1.807) is 7.11 Å². The fraction of sp³-hybridized carbons (Fsp3) is 0.333. The summed E-state index contributed by atoms with van der Waals surface area (Å²) in [6.45, 7) is 6.31. The van der Waals surface area contributed by atoms with E-state index in [9.17, 15) is 18.0 Å². The van der Waals surface area contributed by atoms with Crippen LogP contribution in [0.3, 0.4) is 0 Å². The highest BCUT2D eigenvalue weighted by atomic mass is 32.1. The summed E-state index contributed by atoms with van der Waals surface area (Å²) in [6, 6.07) is 19.6. The molecule has 250 valence electrons. The summed E-state index contributed by atoms with van der Waals surface area (Å²) in [5.41, 5.74) is 5.76. The summed E-state index contributed by atoms with van der Waals surface area (Å²) in [5, 5.41) is 6.53. The van der Waals surface area contributed by atoms with Crippen molar-refractivity contribution >= 4 is 17.2 Å². The Balaban J connectivity index is 1.09. The Bertz CT molecular complexity index is 1960. The Morgan fingerprint density at radius 2 is 1.77 bits per heavy atom. The van der Waals surface area contributed by atoms with Crippen molar-refractivity contribution in [1.29, 1.82) is 0 Å². The molecule has 1 fully saturated rings. The maximum absolute atomic E-state index is 13.2. The van der Waals surface area contributed by atoms with Crippen LogP contribution in [0.4, 0.5) is 13.2 Å². The van der Waals surface area contributed by atoms with Gasteiger partial charge in [-0.05, 0) is 97.5 Å². The van der Waals surface area contributed by atoms with Crippen LogP contribution in [0.5, 0.6) is 11.5 Å². The Kier molecular flexibility index (Phi) is 9.54. The standard InChI is InChI=1S/C36H36F3N5O3S/c1-22(2)31-19-30(46-4)15-16-32(31)44-23(3)20-48-35(44)41-33(45)18-24-5-6-27(17-24)25-7-9-26(10-8-25)34-40-21-43(42-34)28-11-13-29(14-12-28)47-36(37,38)39/h7-16,19-22,24,27H,5-6,17-18H2,1-4H3. The molecule has 0 saturated heterocycles. The third kappa shape index (κ3) is 7.54. The van der Waals surface area contributed by atoms with Gasteiger partial charge in [0.15, 0.2) is 10.6 Å². The maximum Gasteiger partial charge on any atom is 0.573 e. The first kappa shape index (κ1) is 33.2. The minimum Gasteiger partial charge on any atom is -0.497 e. The van der Waals surface area contributed by atoms with E-state index in [1.807, 2.05) is 42.6 Å². The fourth-order valence-corrected chi connectivity index (χ4v) is 7.16. The van der Waals surface area contributed by atoms with E-state index in [0.29, 0.717) is 28.7 Å². The average molecular weight is 676 g/mol. The number of hydrogen-bond acceptors (Lipinski definition) is 6. The van der Waals surface area contributed by atoms with Gasteiger partial charge in [-0.2, -0.15) is 4.99 Å². The molecule has 2 atom stereocenters. The molecule has 5 aromatic rings. The normalized spacial score (nSPS) is 16.9. The van der Waals surface area contributed by atoms with Crippen LogP contribution in [0.1, 0.15) is 68.2 Å². The molecule has 12 heteroatoms. The molecule has 1 saturated carbocycles. The molecule has 6 rings (SSSR count). The Hall–Kier alpha value is -4.71. The van der Waals surface area contributed by atoms with E-state index in [2.05, 4.69) is 50.4 Å². The first-order chi connectivity index (χ1) is 23.0. The number of methoxy groups -OCH3 is 1. The first-order valence-corrected chi connectivity index (χ1v) is 16.7. The number of carbonyl (C=O) groups excluding carboxylic acids is 1. The Morgan fingerprint density at radius 1 is 1.04 bits per heavy atom. The van der Waals surface area contributed by atoms with Gasteiger partial charge < -0.3 is 9.47 Å². The van der Waals surface area contributed by atoms with Crippen molar-refractivity contribution in [1.82, 2.24) is 19.3 Å². The zero-order chi connectivity index (χ0) is 34.0. The molecule has 0 N–H and O–H groups in total. The van der Waals surface area contributed by atoms with Crippen LogP contribution in [0.25, 0.3) is 22.8 Å². The van der Waals surface area contributed by atoms with Crippen molar-refractivity contribution in [3.8, 4) is 34.3 Å². The molecule has 1 aliphatic carbocycles. The number of thiazole rings is 1. The second kappa shape index (κ2) is 13.8. The van der Waals surface area contributed by atoms with Gasteiger partial charge in [0.1, 0.15) is 17.8 Å². The molecule has 1 aliphatic rings. The summed E-state index contributed by atoms with van der Waals surface area (Å²) >= 11 is 1.48. The topological polar surface area (TPSA) is 83.5 Å². The molecule has 2 unspecified atom stereocenters. The molecule has 0 bridgehead atoms. The number of nitrogens with zero attached hydrogens (tertiary/aromatic N) is 5. The SMILES string of the molecule is COc1ccc(-n2c(C)csc2=NC(=O)CC2CCC(c3ccc(-c4ncn(-c5ccc(OC(F)(F)F)cc5)n4)cc3)C2)c(C(C)C)c1. The largest absolute Gasteiger partial charge is 0.573 e. The second-order valence-corrected chi connectivity index (χ2v) is 13.2. The lowest BCUT2D eigenvalue weighted by Gasteiger charge is -2.16. The number of ether oxygens (including phenoxy) is 2. The van der Waals surface area contributed by atoms with Gasteiger partial charge in [-0.3, -0.25) is 9.36 Å². The molecule has 1 amide bonds. The lowest BCUT2D eigenvalue weighted by molar-refractivity contribution is -0.274. The molecule has 2 aromatic heterocycles. The van der Waals surface area contributed by atoms with Crippen molar-refractivity contribution in [3.05, 3.63) is 100 Å². The van der Waals surface area contributed by atoms with E-state index in [4.69, 9.17) is 4.74 Å². The molecule has 0 spiro atoms. The van der Waals surface area contributed by atoms with Gasteiger partial charge in [0.25, 0.3) is 0 Å². The molecule has 0 aliphatic heterocycles. The zero-order valence-electron chi connectivity index (χ0n) is 27.1. The van der Waals surface area contributed by atoms with Gasteiger partial charge in [0.2, 0.25) is 5.91 Å². The highest BCUT2D eigenvalue weighted by Gasteiger charge is 2.31. The van der Waals surface area contributed by atoms with Gasteiger partial charge in [-0.15, -0.1) is 29.6 Å². The summed E-state index contributed by atoms with van der Waals surface area (Å²) in [5.74, 6) is 1.78. The third-order valence-electron chi connectivity index (χ3n) is 8.67. The van der Waals surface area contributed by atoms with Crippen LogP contribution in [0.2, 0.25) is 0 Å². The number of alkyl halides is 3. The van der Waals surface area contributed by atoms with Crippen molar-refractivity contribution in [2.45, 2.75) is 64.7 Å². The Morgan fingerprint density at radius 3 is 2.46 bits per heavy atom. The number of benzene rings is 3. The lowest BCUT2D eigenvalue weighted by atomic mass is 9.94. The molecular formula is C36H36F3N5O3S. The number of halogens is 3. The van der Waals surface area contributed by atoms with Crippen molar-refractivity contribution in [3.63, 3.8) is 0 Å². The quantitative estimate of drug-likeness (QED) is 0.156. The van der Waals surface area contributed by atoms with E-state index in [0.717, 1.165) is 47.5 Å². The third-order valence-corrected chi connectivity index (χ3v) is 9.61. The van der Waals surface area contributed by atoms with Gasteiger partial charge in [0.05, 0.1) is 18.5 Å². The number of carbonyl (C=O) groups is 1. The smallest absolute Gasteiger partial charge is 0.497 e. The van der Waals surface area contributed by atoms with Crippen LogP contribution in [-0.4, -0.2) is 38.7 Å². The fourth-order valence-electron chi connectivity index (χ4n) is 6.28. The molecule has 3 aromatic carbocycles. The lowest BCUT2D eigenvalue weighted by Crippen LogP contribution is -2.19. The second-order valence-electron chi connectivity index (χ2n) is 12.3. The number of aryl methyl sites for hydroxylation is 1. The van der Waals surface area contributed by atoms with E-state index < -0.39 is 6.36 Å². The van der Waals surface area contributed by atoms with Gasteiger partial charge >= 0.3 is 6.36 Å². The molecule has 48 heavy (non-hydrogen) atoms. The van der Waals surface area contributed by atoms with E-state index in [1.165, 1.54) is 52.2 Å². The highest BCUT2D eigenvalue weighted by molar-refractivity contribution is 7.07. The van der Waals surface area contributed by atoms with Crippen molar-refractivity contribution < 1.29 is 27.4 Å². The monoisotopic (exact) mass is 675 g/mol. The number of rotatable bonds is 9. The predicted molar refractivity (Wildman–Crippen MR) is 178 cm³/mol. The number of aromatic nitrogens is 4. The predicted octanol–water partition coefficient (Wildman–Crippen LogP) is 8.53. The summed E-state index contributed by atoms with van der Waals surface area (Å²) in [6.07, 6.45) is 0.0686. The minimum absolute atomic E-state index is 0.101. The van der Waals surface area contributed by atoms with Gasteiger partial charge in [0, 0.05) is 23.1 Å². The zero-order valence-corrected chi connectivity index (χ0v) is 27.9. The molecule has 8 nitrogen and oxygen atoms in total. The summed E-state index contributed by atoms with van der Waals surface area (Å²) in [4.78, 5) is 22.9. The van der Waals surface area contributed by atoms with Crippen molar-refractivity contribution in [2.24, 2.45) is 10.9 Å². The van der Waals surface area contributed by atoms with Crippen LogP contribution in [-0.2, 0) is 4.79 Å². The van der Waals surface area contributed by atoms with Gasteiger partial charge in [-0.1, -0.05) is 38.1 Å². The minimum atomic E-state index is -4.75. The molecule has 2 heterocycles. The number of amides is 1. The molecule has 0 radical (unpaired) electrons. The highest BCUT2D eigenvalue weighted by Crippen LogP contribution is 2.40. The van der Waals surface area contributed by atoms with Crippen molar-refractivity contribution in [2.75, 3.05) is 7.11 Å². The van der Waals surface area contributed by atoms with Crippen LogP contribution in [0, 0.1) is 12.8 Å². The van der Waals surface area contributed by atoms with Crippen LogP contribution < -0.4 is 14.3 Å². The first-order valence-electron chi connectivity index (χ1n) is 15.8. The summed E-state index contributed by atoms with van der Waals surface area (Å²) < 4.78 is 50.4. The summed E-state index contributed by atoms with van der Waals surface area (Å²) in [7, 11) is 1.66. The maximum atomic E-state index is 13.2. The van der Waals surface area contributed by atoms with E-state index in [-0.39, 0.29) is 23.5 Å². The molecular weight excluding hydrogens is 639 g/mol. The van der Waals surface area contributed by atoms with Crippen LogP contribution >= 0.6 is 11.3 Å². The average Bonchev–Trinajstić information content (AvgIpc) is 3.81. The van der Waals surface area contributed by atoms with Gasteiger partial charge in [-0.25, -0.2) is 9.67 Å². The Labute approximate surface area is 280 Å². The van der Waals surface area contributed by atoms with E-state index >= 15 is 0 Å². The number of hydrogen-bond donors (Lipinski definition) is 0. The van der Waals surface area contributed by atoms with Crippen LogP contribution in [0.15, 0.2) is 83.4 Å².